The van der Waals surface area contributed by atoms with E-state index < -0.39 is 29.9 Å². The molecule has 1 fully saturated rings. The molecule has 1 aliphatic carbocycles. The number of fused-ring (bicyclic) bond motifs is 3. The van der Waals surface area contributed by atoms with Gasteiger partial charge in [0.15, 0.2) is 0 Å². The van der Waals surface area contributed by atoms with E-state index in [0.29, 0.717) is 19.4 Å². The fourth-order valence-corrected chi connectivity index (χ4v) is 5.21. The van der Waals surface area contributed by atoms with Crippen molar-refractivity contribution in [2.24, 2.45) is 11.8 Å². The smallest absolute Gasteiger partial charge is 0.407 e. The molecular weight excluding hydrogens is 432 g/mol. The van der Waals surface area contributed by atoms with Crippen molar-refractivity contribution < 1.29 is 24.2 Å². The van der Waals surface area contributed by atoms with Crippen molar-refractivity contribution in [3.8, 4) is 11.1 Å². The highest BCUT2D eigenvalue weighted by atomic mass is 16.5. The molecule has 4 rings (SSSR count). The van der Waals surface area contributed by atoms with Crippen LogP contribution in [0.4, 0.5) is 4.79 Å². The zero-order valence-electron chi connectivity index (χ0n) is 19.9. The average Bonchev–Trinajstić information content (AvgIpc) is 3.15. The van der Waals surface area contributed by atoms with Gasteiger partial charge in [0.2, 0.25) is 5.91 Å². The quantitative estimate of drug-likeness (QED) is 0.666. The highest BCUT2D eigenvalue weighted by molar-refractivity contribution is 5.82. The van der Waals surface area contributed by atoms with Crippen molar-refractivity contribution in [2.75, 3.05) is 13.2 Å². The molecule has 0 bridgehead atoms. The van der Waals surface area contributed by atoms with Gasteiger partial charge in [0.25, 0.3) is 0 Å². The van der Waals surface area contributed by atoms with E-state index in [1.54, 1.807) is 25.7 Å². The van der Waals surface area contributed by atoms with Crippen molar-refractivity contribution in [1.29, 1.82) is 0 Å². The van der Waals surface area contributed by atoms with Crippen LogP contribution in [0.15, 0.2) is 48.5 Å². The number of nitrogens with zero attached hydrogens (tertiary/aromatic N) is 1. The third-order valence-corrected chi connectivity index (χ3v) is 7.42. The lowest BCUT2D eigenvalue weighted by Crippen LogP contribution is -2.53. The van der Waals surface area contributed by atoms with Gasteiger partial charge in [-0.25, -0.2) is 4.79 Å². The first kappa shape index (κ1) is 23.8. The number of nitrogens with one attached hydrogen (secondary N) is 1. The molecule has 180 valence electrons. The monoisotopic (exact) mass is 464 g/mol. The summed E-state index contributed by atoms with van der Waals surface area (Å²) in [5.41, 5.74) is 4.60. The molecule has 2 N–H and O–H groups in total. The second kappa shape index (κ2) is 9.87. The van der Waals surface area contributed by atoms with Gasteiger partial charge in [-0.15, -0.1) is 0 Å². The third-order valence-electron chi connectivity index (χ3n) is 7.42. The molecule has 4 unspecified atom stereocenters. The summed E-state index contributed by atoms with van der Waals surface area (Å²) in [5, 5.41) is 12.2. The first-order chi connectivity index (χ1) is 16.3. The second-order valence-corrected chi connectivity index (χ2v) is 9.41. The number of amides is 2. The molecule has 2 aromatic carbocycles. The average molecular weight is 465 g/mol. The van der Waals surface area contributed by atoms with E-state index in [2.05, 4.69) is 29.6 Å². The van der Waals surface area contributed by atoms with Gasteiger partial charge < -0.3 is 20.1 Å². The first-order valence-corrected chi connectivity index (χ1v) is 11.9. The van der Waals surface area contributed by atoms with E-state index in [1.807, 2.05) is 24.3 Å². The number of carbonyl (C=O) groups excluding carboxylic acids is 2. The van der Waals surface area contributed by atoms with Crippen LogP contribution in [0.3, 0.4) is 0 Å². The SMILES string of the molecule is CC(NC(=O)OCC1c2ccccc2-c2ccccc21)C(C)C(=O)N1CCCC(C(=O)O)C1C. The van der Waals surface area contributed by atoms with E-state index >= 15 is 0 Å². The third kappa shape index (κ3) is 4.52. The van der Waals surface area contributed by atoms with E-state index in [9.17, 15) is 19.5 Å². The Kier molecular flexibility index (Phi) is 6.91. The summed E-state index contributed by atoms with van der Waals surface area (Å²) in [6.07, 6.45) is 0.667. The summed E-state index contributed by atoms with van der Waals surface area (Å²) in [6.45, 7) is 6.05. The lowest BCUT2D eigenvalue weighted by molar-refractivity contribution is -0.150. The molecule has 1 heterocycles. The molecule has 1 saturated heterocycles. The summed E-state index contributed by atoms with van der Waals surface area (Å²) in [5.74, 6) is -2.12. The molecule has 2 amide bonds. The van der Waals surface area contributed by atoms with E-state index in [1.165, 1.54) is 0 Å². The minimum Gasteiger partial charge on any atom is -0.481 e. The van der Waals surface area contributed by atoms with Crippen molar-refractivity contribution in [2.45, 2.75) is 51.6 Å². The van der Waals surface area contributed by atoms with Gasteiger partial charge in [-0.3, -0.25) is 9.59 Å². The van der Waals surface area contributed by atoms with Crippen molar-refractivity contribution in [3.63, 3.8) is 0 Å². The lowest BCUT2D eigenvalue weighted by atomic mass is 9.88. The van der Waals surface area contributed by atoms with Crippen molar-refractivity contribution in [3.05, 3.63) is 59.7 Å². The molecule has 7 nitrogen and oxygen atoms in total. The molecule has 2 aromatic rings. The zero-order chi connectivity index (χ0) is 24.4. The molecule has 4 atom stereocenters. The van der Waals surface area contributed by atoms with E-state index in [0.717, 1.165) is 22.3 Å². The van der Waals surface area contributed by atoms with Crippen molar-refractivity contribution in [1.82, 2.24) is 10.2 Å². The number of hydrogen-bond acceptors (Lipinski definition) is 4. The highest BCUT2D eigenvalue weighted by Crippen LogP contribution is 2.44. The van der Waals surface area contributed by atoms with Gasteiger partial charge in [0.1, 0.15) is 6.61 Å². The molecule has 34 heavy (non-hydrogen) atoms. The van der Waals surface area contributed by atoms with Gasteiger partial charge in [0.05, 0.1) is 11.8 Å². The number of carbonyl (C=O) groups is 3. The normalized spacial score (nSPS) is 21.2. The first-order valence-electron chi connectivity index (χ1n) is 11.9. The predicted octanol–water partition coefficient (Wildman–Crippen LogP) is 4.26. The Morgan fingerprint density at radius 1 is 1.06 bits per heavy atom. The maximum Gasteiger partial charge on any atom is 0.407 e. The molecule has 7 heteroatoms. The number of piperidine rings is 1. The molecule has 0 spiro atoms. The Morgan fingerprint density at radius 2 is 1.65 bits per heavy atom. The van der Waals surface area contributed by atoms with E-state index in [-0.39, 0.29) is 24.5 Å². The molecule has 0 radical (unpaired) electrons. The number of carboxylic acid groups (broad SMARTS) is 1. The van der Waals surface area contributed by atoms with Gasteiger partial charge in [-0.05, 0) is 48.9 Å². The Bertz CT molecular complexity index is 1040. The van der Waals surface area contributed by atoms with E-state index in [4.69, 9.17) is 4.74 Å². The van der Waals surface area contributed by atoms with Crippen LogP contribution in [0.1, 0.15) is 50.7 Å². The van der Waals surface area contributed by atoms with Gasteiger partial charge in [-0.1, -0.05) is 55.5 Å². The van der Waals surface area contributed by atoms with Crippen LogP contribution in [0, 0.1) is 11.8 Å². The van der Waals surface area contributed by atoms with Crippen LogP contribution in [-0.2, 0) is 14.3 Å². The zero-order valence-corrected chi connectivity index (χ0v) is 19.9. The number of aliphatic carboxylic acids is 1. The van der Waals surface area contributed by atoms with Crippen LogP contribution >= 0.6 is 0 Å². The van der Waals surface area contributed by atoms with Crippen molar-refractivity contribution >= 4 is 18.0 Å². The summed E-state index contributed by atoms with van der Waals surface area (Å²) in [4.78, 5) is 38.8. The Labute approximate surface area is 200 Å². The summed E-state index contributed by atoms with van der Waals surface area (Å²) >= 11 is 0. The fourth-order valence-electron chi connectivity index (χ4n) is 5.21. The number of ether oxygens (including phenoxy) is 1. The Balaban J connectivity index is 1.35. The highest BCUT2D eigenvalue weighted by Gasteiger charge is 2.38. The largest absolute Gasteiger partial charge is 0.481 e. The maximum atomic E-state index is 13.1. The molecule has 0 saturated carbocycles. The number of likely N-dealkylation sites (tertiary alicyclic amines) is 1. The lowest BCUT2D eigenvalue weighted by Gasteiger charge is -2.39. The van der Waals surface area contributed by atoms with Crippen LogP contribution in [0.2, 0.25) is 0 Å². The molecule has 0 aromatic heterocycles. The number of alkyl carbamates (subject to hydrolysis) is 1. The summed E-state index contributed by atoms with van der Waals surface area (Å²) in [6, 6.07) is 15.5. The number of benzene rings is 2. The van der Waals surface area contributed by atoms with Crippen LogP contribution < -0.4 is 5.32 Å². The Morgan fingerprint density at radius 3 is 2.24 bits per heavy atom. The number of rotatable bonds is 6. The Hall–Kier alpha value is -3.35. The number of hydrogen-bond donors (Lipinski definition) is 2. The maximum absolute atomic E-state index is 13.1. The minimum atomic E-state index is -0.873. The summed E-state index contributed by atoms with van der Waals surface area (Å²) < 4.78 is 5.60. The standard InChI is InChI=1S/C27H32N2O5/c1-16(25(30)29-14-8-13-19(18(29)3)26(31)32)17(2)28-27(33)34-15-24-22-11-6-4-9-20(22)21-10-5-7-12-23(21)24/h4-7,9-12,16-19,24H,8,13-15H2,1-3H3,(H,28,33)(H,31,32). The van der Waals surface area contributed by atoms with Gasteiger partial charge in [0, 0.05) is 24.5 Å². The second-order valence-electron chi connectivity index (χ2n) is 9.41. The molecular formula is C27H32N2O5. The van der Waals surface area contributed by atoms with Crippen LogP contribution in [0.5, 0.6) is 0 Å². The van der Waals surface area contributed by atoms with Gasteiger partial charge in [-0.2, -0.15) is 0 Å². The molecule has 2 aliphatic rings. The fraction of sp³-hybridized carbons (Fsp3) is 0.444. The van der Waals surface area contributed by atoms with Gasteiger partial charge >= 0.3 is 12.1 Å². The minimum absolute atomic E-state index is 0.0327. The topological polar surface area (TPSA) is 95.9 Å². The van der Waals surface area contributed by atoms with Crippen LogP contribution in [-0.4, -0.2) is 53.2 Å². The summed E-state index contributed by atoms with van der Waals surface area (Å²) in [7, 11) is 0. The van der Waals surface area contributed by atoms with Crippen LogP contribution in [0.25, 0.3) is 11.1 Å². The predicted molar refractivity (Wildman–Crippen MR) is 128 cm³/mol. The molecule has 1 aliphatic heterocycles. The number of carboxylic acids is 1.